The molecule has 0 bridgehead atoms. The van der Waals surface area contributed by atoms with Crippen LogP contribution in [0.15, 0.2) is 47.2 Å². The van der Waals surface area contributed by atoms with Crippen LogP contribution in [0.4, 0.5) is 0 Å². The fourth-order valence-electron chi connectivity index (χ4n) is 1.58. The summed E-state index contributed by atoms with van der Waals surface area (Å²) in [7, 11) is 0. The lowest BCUT2D eigenvalue weighted by Crippen LogP contribution is -2.01. The third-order valence-corrected chi connectivity index (χ3v) is 3.72. The van der Waals surface area contributed by atoms with Crippen LogP contribution in [0.25, 0.3) is 0 Å². The molecule has 1 N–H and O–H groups in total. The highest BCUT2D eigenvalue weighted by Crippen LogP contribution is 2.27. The Hall–Kier alpha value is -0.900. The molecule has 17 heavy (non-hydrogen) atoms. The summed E-state index contributed by atoms with van der Waals surface area (Å²) < 4.78 is 0.797. The minimum Gasteiger partial charge on any atom is -0.388 e. The summed E-state index contributed by atoms with van der Waals surface area (Å²) in [6.07, 6.45) is 3.47. The van der Waals surface area contributed by atoms with Crippen LogP contribution >= 0.6 is 27.5 Å². The molecule has 4 heteroatoms. The van der Waals surface area contributed by atoms with Crippen molar-refractivity contribution in [2.75, 3.05) is 0 Å². The number of aliphatic hydroxyl groups excluding tert-OH is 1. The van der Waals surface area contributed by atoms with Gasteiger partial charge in [-0.25, -0.2) is 0 Å². The van der Waals surface area contributed by atoms with Gasteiger partial charge in [0.15, 0.2) is 0 Å². The molecule has 2 nitrogen and oxygen atoms in total. The molecule has 0 fully saturated rings. The molecule has 0 saturated heterocycles. The highest BCUT2D eigenvalue weighted by Gasteiger charge is 2.10. The molecule has 2 aromatic rings. The van der Waals surface area contributed by atoms with Gasteiger partial charge in [0.05, 0.1) is 11.1 Å². The number of aliphatic hydroxyl groups is 1. The molecule has 1 aromatic heterocycles. The second-order valence-corrected chi connectivity index (χ2v) is 5.01. The van der Waals surface area contributed by atoms with E-state index in [0.29, 0.717) is 11.4 Å². The second kappa shape index (κ2) is 5.63. The van der Waals surface area contributed by atoms with E-state index in [1.54, 1.807) is 18.5 Å². The van der Waals surface area contributed by atoms with Gasteiger partial charge in [-0.1, -0.05) is 17.7 Å². The average Bonchev–Trinajstić information content (AvgIpc) is 2.34. The van der Waals surface area contributed by atoms with Gasteiger partial charge < -0.3 is 5.11 Å². The number of aromatic nitrogens is 1. The van der Waals surface area contributed by atoms with Crippen molar-refractivity contribution in [2.24, 2.45) is 0 Å². The number of benzene rings is 1. The van der Waals surface area contributed by atoms with Crippen molar-refractivity contribution < 1.29 is 5.11 Å². The molecule has 1 aromatic carbocycles. The normalized spacial score (nSPS) is 12.4. The first-order chi connectivity index (χ1) is 8.16. The third kappa shape index (κ3) is 3.28. The van der Waals surface area contributed by atoms with Crippen LogP contribution in [0.1, 0.15) is 17.2 Å². The van der Waals surface area contributed by atoms with Gasteiger partial charge >= 0.3 is 0 Å². The number of halogens is 2. The molecular formula is C13H11BrClNO. The Bertz CT molecular complexity index is 504. The minimum absolute atomic E-state index is 0.536. The Morgan fingerprint density at radius 3 is 2.59 bits per heavy atom. The maximum absolute atomic E-state index is 10.1. The quantitative estimate of drug-likeness (QED) is 0.936. The molecule has 1 heterocycles. The predicted octanol–water partition coefficient (Wildman–Crippen LogP) is 3.77. The van der Waals surface area contributed by atoms with E-state index >= 15 is 0 Å². The molecule has 0 amide bonds. The maximum atomic E-state index is 10.1. The lowest BCUT2D eigenvalue weighted by atomic mass is 10.0. The van der Waals surface area contributed by atoms with Crippen molar-refractivity contribution in [3.63, 3.8) is 0 Å². The minimum atomic E-state index is -0.536. The van der Waals surface area contributed by atoms with Crippen LogP contribution in [0.3, 0.4) is 0 Å². The van der Waals surface area contributed by atoms with Gasteiger partial charge in [-0.05, 0) is 51.3 Å². The van der Waals surface area contributed by atoms with Gasteiger partial charge in [0.1, 0.15) is 0 Å². The molecule has 2 rings (SSSR count). The molecule has 88 valence electrons. The maximum Gasteiger partial charge on any atom is 0.0830 e. The fraction of sp³-hybridized carbons (Fsp3) is 0.154. The van der Waals surface area contributed by atoms with Gasteiger partial charge in [-0.3, -0.25) is 4.98 Å². The topological polar surface area (TPSA) is 33.1 Å². The summed E-state index contributed by atoms with van der Waals surface area (Å²) in [5.41, 5.74) is 1.90. The number of nitrogens with zero attached hydrogens (tertiary/aromatic N) is 1. The van der Waals surface area contributed by atoms with Crippen LogP contribution in [-0.2, 0) is 6.42 Å². The molecule has 0 saturated carbocycles. The van der Waals surface area contributed by atoms with Crippen molar-refractivity contribution >= 4 is 27.5 Å². The van der Waals surface area contributed by atoms with E-state index in [4.69, 9.17) is 11.6 Å². The fourth-order valence-corrected chi connectivity index (χ4v) is 2.09. The number of pyridine rings is 1. The zero-order valence-electron chi connectivity index (χ0n) is 8.98. The molecule has 1 unspecified atom stereocenters. The summed E-state index contributed by atoms with van der Waals surface area (Å²) in [5.74, 6) is 0. The monoisotopic (exact) mass is 311 g/mol. The highest BCUT2D eigenvalue weighted by atomic mass is 79.9. The molecule has 0 radical (unpaired) electrons. The van der Waals surface area contributed by atoms with E-state index < -0.39 is 6.10 Å². The molecular weight excluding hydrogens is 302 g/mol. The SMILES string of the molecule is OC(Cc1ccncc1)c1ccc(Cl)c(Br)c1. The predicted molar refractivity (Wildman–Crippen MR) is 72.1 cm³/mol. The third-order valence-electron chi connectivity index (χ3n) is 2.51. The highest BCUT2D eigenvalue weighted by molar-refractivity contribution is 9.10. The van der Waals surface area contributed by atoms with Crippen LogP contribution < -0.4 is 0 Å². The Balaban J connectivity index is 2.14. The summed E-state index contributed by atoms with van der Waals surface area (Å²) in [4.78, 5) is 3.94. The lowest BCUT2D eigenvalue weighted by molar-refractivity contribution is 0.178. The van der Waals surface area contributed by atoms with Gasteiger partial charge in [-0.15, -0.1) is 0 Å². The summed E-state index contributed by atoms with van der Waals surface area (Å²) in [6.45, 7) is 0. The van der Waals surface area contributed by atoms with Crippen LogP contribution in [0.5, 0.6) is 0 Å². The molecule has 0 aliphatic carbocycles. The van der Waals surface area contributed by atoms with Gasteiger partial charge in [0.25, 0.3) is 0 Å². The van der Waals surface area contributed by atoms with Crippen LogP contribution in [0.2, 0.25) is 5.02 Å². The van der Waals surface area contributed by atoms with Crippen molar-refractivity contribution in [1.29, 1.82) is 0 Å². The summed E-state index contributed by atoms with van der Waals surface area (Å²) in [5, 5.41) is 10.7. The van der Waals surface area contributed by atoms with Crippen molar-refractivity contribution in [1.82, 2.24) is 4.98 Å². The van der Waals surface area contributed by atoms with Crippen LogP contribution in [0, 0.1) is 0 Å². The lowest BCUT2D eigenvalue weighted by Gasteiger charge is -2.11. The standard InChI is InChI=1S/C13H11BrClNO/c14-11-8-10(1-2-12(11)15)13(17)7-9-3-5-16-6-4-9/h1-6,8,13,17H,7H2. The Labute approximate surface area is 113 Å². The van der Waals surface area contributed by atoms with Crippen LogP contribution in [-0.4, -0.2) is 10.1 Å². The van der Waals surface area contributed by atoms with E-state index in [0.717, 1.165) is 15.6 Å². The average molecular weight is 313 g/mol. The largest absolute Gasteiger partial charge is 0.388 e. The molecule has 1 atom stereocenters. The van der Waals surface area contributed by atoms with Gasteiger partial charge in [-0.2, -0.15) is 0 Å². The molecule has 0 spiro atoms. The van der Waals surface area contributed by atoms with Gasteiger partial charge in [0.2, 0.25) is 0 Å². The smallest absolute Gasteiger partial charge is 0.0830 e. The van der Waals surface area contributed by atoms with E-state index in [2.05, 4.69) is 20.9 Å². The zero-order chi connectivity index (χ0) is 12.3. The van der Waals surface area contributed by atoms with Gasteiger partial charge in [0, 0.05) is 23.3 Å². The number of hydrogen-bond acceptors (Lipinski definition) is 2. The Morgan fingerprint density at radius 1 is 1.24 bits per heavy atom. The zero-order valence-corrected chi connectivity index (χ0v) is 11.3. The first kappa shape index (κ1) is 12.6. The van der Waals surface area contributed by atoms with E-state index in [1.165, 1.54) is 0 Å². The Morgan fingerprint density at radius 2 is 1.94 bits per heavy atom. The van der Waals surface area contributed by atoms with Crippen molar-refractivity contribution in [3.8, 4) is 0 Å². The summed E-state index contributed by atoms with van der Waals surface area (Å²) in [6, 6.07) is 9.24. The molecule has 0 aliphatic heterocycles. The van der Waals surface area contributed by atoms with Crippen molar-refractivity contribution in [3.05, 3.63) is 63.3 Å². The summed E-state index contributed by atoms with van der Waals surface area (Å²) >= 11 is 9.26. The molecule has 0 aliphatic rings. The van der Waals surface area contributed by atoms with E-state index in [9.17, 15) is 5.11 Å². The van der Waals surface area contributed by atoms with Crippen molar-refractivity contribution in [2.45, 2.75) is 12.5 Å². The number of rotatable bonds is 3. The second-order valence-electron chi connectivity index (χ2n) is 3.75. The Kier molecular flexibility index (Phi) is 4.15. The van der Waals surface area contributed by atoms with E-state index in [1.807, 2.05) is 24.3 Å². The first-order valence-electron chi connectivity index (χ1n) is 5.19. The first-order valence-corrected chi connectivity index (χ1v) is 6.36. The van der Waals surface area contributed by atoms with E-state index in [-0.39, 0.29) is 0 Å². The number of hydrogen-bond donors (Lipinski definition) is 1.